The summed E-state index contributed by atoms with van der Waals surface area (Å²) >= 11 is 0. The Morgan fingerprint density at radius 1 is 1.42 bits per heavy atom. The fourth-order valence-electron chi connectivity index (χ4n) is 2.20. The maximum atomic E-state index is 13.1. The lowest BCUT2D eigenvalue weighted by Gasteiger charge is -2.28. The normalized spacial score (nSPS) is 16.2. The Bertz CT molecular complexity index is 739. The van der Waals surface area contributed by atoms with Crippen molar-refractivity contribution in [2.24, 2.45) is 0 Å². The van der Waals surface area contributed by atoms with Gasteiger partial charge >= 0.3 is 12.1 Å². The number of alkyl halides is 3. The predicted molar refractivity (Wildman–Crippen MR) is 80.9 cm³/mol. The van der Waals surface area contributed by atoms with E-state index in [1.165, 1.54) is 19.2 Å². The monoisotopic (exact) mass is 340 g/mol. The summed E-state index contributed by atoms with van der Waals surface area (Å²) in [5, 5.41) is 9.06. The number of carbonyl (C=O) groups is 1. The van der Waals surface area contributed by atoms with Crippen molar-refractivity contribution in [1.29, 1.82) is 0 Å². The lowest BCUT2D eigenvalue weighted by atomic mass is 9.98. The maximum absolute atomic E-state index is 13.1. The number of ether oxygens (including phenoxy) is 2. The van der Waals surface area contributed by atoms with E-state index in [1.54, 1.807) is 0 Å². The molecule has 0 saturated carbocycles. The molecule has 2 rings (SSSR count). The molecule has 7 heteroatoms. The van der Waals surface area contributed by atoms with Crippen molar-refractivity contribution in [3.8, 4) is 23.3 Å². The summed E-state index contributed by atoms with van der Waals surface area (Å²) in [6.07, 6.45) is -5.07. The summed E-state index contributed by atoms with van der Waals surface area (Å²) in [6, 6.07) is 2.88. The van der Waals surface area contributed by atoms with Crippen LogP contribution in [0.4, 0.5) is 13.2 Å². The molecule has 0 bridgehead atoms. The summed E-state index contributed by atoms with van der Waals surface area (Å²) in [5.74, 6) is 4.17. The van der Waals surface area contributed by atoms with Gasteiger partial charge in [0, 0.05) is 12.0 Å². The van der Waals surface area contributed by atoms with E-state index >= 15 is 0 Å². The van der Waals surface area contributed by atoms with Crippen molar-refractivity contribution in [1.82, 2.24) is 0 Å². The van der Waals surface area contributed by atoms with E-state index in [-0.39, 0.29) is 16.9 Å². The summed E-state index contributed by atoms with van der Waals surface area (Å²) in [5.41, 5.74) is -0.462. The van der Waals surface area contributed by atoms with Gasteiger partial charge in [-0.3, -0.25) is 0 Å². The molecule has 0 aromatic heterocycles. The number of aliphatic carboxylic acids is 1. The number of unbranched alkanes of at least 4 members (excludes halogenated alkanes) is 1. The number of rotatable bonds is 3. The van der Waals surface area contributed by atoms with Gasteiger partial charge in [0.1, 0.15) is 11.5 Å². The highest BCUT2D eigenvalue weighted by molar-refractivity contribution is 5.95. The number of benzene rings is 1. The van der Waals surface area contributed by atoms with Crippen LogP contribution in [0.2, 0.25) is 0 Å². The molecule has 1 aromatic rings. The molecule has 1 aromatic carbocycles. The number of halogens is 3. The van der Waals surface area contributed by atoms with E-state index in [0.29, 0.717) is 12.2 Å². The molecular formula is C17H15F3O4. The molecule has 1 heterocycles. The molecular weight excluding hydrogens is 325 g/mol. The number of carboxylic acid groups (broad SMARTS) is 1. The second kappa shape index (κ2) is 6.87. The standard InChI is InChI=1S/C17H15F3O4/c1-3-4-5-6-10-7-12(23-2)8-11-9-13(16(21)22)15(17(18,19)20)24-14(10)11/h7-9,15H,3-4H2,1-2H3,(H,21,22). The molecule has 1 unspecified atom stereocenters. The minimum absolute atomic E-state index is 0.0910. The third kappa shape index (κ3) is 3.65. The van der Waals surface area contributed by atoms with E-state index in [0.717, 1.165) is 12.5 Å². The molecule has 1 aliphatic heterocycles. The fourth-order valence-corrected chi connectivity index (χ4v) is 2.20. The van der Waals surface area contributed by atoms with Gasteiger partial charge in [-0.25, -0.2) is 4.79 Å². The largest absolute Gasteiger partial charge is 0.497 e. The minimum atomic E-state index is -4.85. The second-order valence-corrected chi connectivity index (χ2v) is 5.09. The van der Waals surface area contributed by atoms with E-state index in [1.807, 2.05) is 6.92 Å². The van der Waals surface area contributed by atoms with E-state index in [4.69, 9.17) is 14.6 Å². The topological polar surface area (TPSA) is 55.8 Å². The van der Waals surface area contributed by atoms with Gasteiger partial charge in [-0.1, -0.05) is 18.8 Å². The molecule has 0 spiro atoms. The van der Waals surface area contributed by atoms with Gasteiger partial charge in [-0.15, -0.1) is 0 Å². The molecule has 0 amide bonds. The van der Waals surface area contributed by atoms with E-state index < -0.39 is 23.8 Å². The molecule has 128 valence electrons. The number of hydrogen-bond acceptors (Lipinski definition) is 3. The summed E-state index contributed by atoms with van der Waals surface area (Å²) < 4.78 is 49.5. The van der Waals surface area contributed by atoms with Crippen LogP contribution in [0.15, 0.2) is 17.7 Å². The van der Waals surface area contributed by atoms with Crippen LogP contribution in [0, 0.1) is 11.8 Å². The lowest BCUT2D eigenvalue weighted by Crippen LogP contribution is -2.40. The van der Waals surface area contributed by atoms with Gasteiger partial charge in [-0.05, 0) is 24.6 Å². The van der Waals surface area contributed by atoms with Crippen molar-refractivity contribution < 1.29 is 32.5 Å². The first-order valence-electron chi connectivity index (χ1n) is 7.17. The molecule has 0 fully saturated rings. The molecule has 1 aliphatic rings. The number of fused-ring (bicyclic) bond motifs is 1. The molecule has 0 aliphatic carbocycles. The number of hydrogen-bond donors (Lipinski definition) is 1. The Hall–Kier alpha value is -2.62. The fraction of sp³-hybridized carbons (Fsp3) is 0.353. The molecule has 4 nitrogen and oxygen atoms in total. The van der Waals surface area contributed by atoms with Crippen molar-refractivity contribution in [3.63, 3.8) is 0 Å². The second-order valence-electron chi connectivity index (χ2n) is 5.09. The quantitative estimate of drug-likeness (QED) is 0.854. The van der Waals surface area contributed by atoms with Crippen LogP contribution < -0.4 is 9.47 Å². The zero-order valence-corrected chi connectivity index (χ0v) is 13.0. The van der Waals surface area contributed by atoms with Gasteiger partial charge in [0.05, 0.1) is 18.2 Å². The van der Waals surface area contributed by atoms with Crippen molar-refractivity contribution >= 4 is 12.0 Å². The molecule has 0 radical (unpaired) electrons. The summed E-state index contributed by atoms with van der Waals surface area (Å²) in [7, 11) is 1.40. The average Bonchev–Trinajstić information content (AvgIpc) is 2.52. The Kier molecular flexibility index (Phi) is 5.07. The molecule has 0 saturated heterocycles. The van der Waals surface area contributed by atoms with Gasteiger partial charge in [0.2, 0.25) is 6.10 Å². The lowest BCUT2D eigenvalue weighted by molar-refractivity contribution is -0.187. The van der Waals surface area contributed by atoms with Crippen molar-refractivity contribution in [2.75, 3.05) is 7.11 Å². The highest BCUT2D eigenvalue weighted by Crippen LogP contribution is 2.40. The van der Waals surface area contributed by atoms with E-state index in [9.17, 15) is 18.0 Å². The molecule has 1 atom stereocenters. The Labute approximate surface area is 136 Å². The Morgan fingerprint density at radius 2 is 2.12 bits per heavy atom. The van der Waals surface area contributed by atoms with Gasteiger partial charge in [0.15, 0.2) is 0 Å². The zero-order chi connectivity index (χ0) is 17.9. The number of methoxy groups -OCH3 is 1. The first-order chi connectivity index (χ1) is 11.3. The van der Waals surface area contributed by atoms with Crippen LogP contribution >= 0.6 is 0 Å². The third-order valence-corrected chi connectivity index (χ3v) is 3.30. The predicted octanol–water partition coefficient (Wildman–Crippen LogP) is 3.64. The van der Waals surface area contributed by atoms with Crippen LogP contribution in [0.3, 0.4) is 0 Å². The highest BCUT2D eigenvalue weighted by Gasteiger charge is 2.48. The van der Waals surface area contributed by atoms with Crippen LogP contribution in [0.1, 0.15) is 30.9 Å². The third-order valence-electron chi connectivity index (χ3n) is 3.30. The first-order valence-corrected chi connectivity index (χ1v) is 7.17. The zero-order valence-electron chi connectivity index (χ0n) is 13.0. The molecule has 24 heavy (non-hydrogen) atoms. The van der Waals surface area contributed by atoms with E-state index in [2.05, 4.69) is 11.8 Å². The van der Waals surface area contributed by atoms with Gasteiger partial charge in [-0.2, -0.15) is 13.2 Å². The van der Waals surface area contributed by atoms with Crippen LogP contribution in [0.25, 0.3) is 6.08 Å². The van der Waals surface area contributed by atoms with Crippen molar-refractivity contribution in [2.45, 2.75) is 32.0 Å². The Morgan fingerprint density at radius 3 is 2.67 bits per heavy atom. The first kappa shape index (κ1) is 17.7. The highest BCUT2D eigenvalue weighted by atomic mass is 19.4. The summed E-state index contributed by atoms with van der Waals surface area (Å²) in [4.78, 5) is 11.2. The van der Waals surface area contributed by atoms with Crippen molar-refractivity contribution in [3.05, 3.63) is 28.8 Å². The van der Waals surface area contributed by atoms with Crippen LogP contribution in [-0.2, 0) is 4.79 Å². The number of carboxylic acids is 1. The van der Waals surface area contributed by atoms with Crippen LogP contribution in [0.5, 0.6) is 11.5 Å². The smallest absolute Gasteiger partial charge is 0.430 e. The summed E-state index contributed by atoms with van der Waals surface area (Å²) in [6.45, 7) is 1.92. The molecule has 1 N–H and O–H groups in total. The van der Waals surface area contributed by atoms with Crippen LogP contribution in [-0.4, -0.2) is 30.5 Å². The Balaban J connectivity index is 2.62. The van der Waals surface area contributed by atoms with Gasteiger partial charge < -0.3 is 14.6 Å². The minimum Gasteiger partial charge on any atom is -0.497 e. The maximum Gasteiger partial charge on any atom is 0.430 e. The average molecular weight is 340 g/mol. The van der Waals surface area contributed by atoms with Gasteiger partial charge in [0.25, 0.3) is 0 Å². The SMILES string of the molecule is CCCC#Cc1cc(OC)cc2c1OC(C(F)(F)F)C(C(=O)O)=C2.